The van der Waals surface area contributed by atoms with Gasteiger partial charge in [-0.1, -0.05) is 73.9 Å². The molecule has 164 valence electrons. The van der Waals surface area contributed by atoms with Crippen LogP contribution in [-0.2, 0) is 6.54 Å². The van der Waals surface area contributed by atoms with E-state index in [9.17, 15) is 4.79 Å². The van der Waals surface area contributed by atoms with E-state index in [-0.39, 0.29) is 11.8 Å². The molecule has 0 radical (unpaired) electrons. The number of benzene rings is 3. The normalized spacial score (nSPS) is 14.8. The summed E-state index contributed by atoms with van der Waals surface area (Å²) in [6, 6.07) is 28.0. The summed E-state index contributed by atoms with van der Waals surface area (Å²) in [5, 5.41) is 2.36. The summed E-state index contributed by atoms with van der Waals surface area (Å²) in [5.74, 6) is 0.421. The van der Waals surface area contributed by atoms with Crippen LogP contribution in [0.15, 0.2) is 91.3 Å². The molecule has 1 aliphatic carbocycles. The number of carbonyl (C=O) groups excluding carboxylic acids is 1. The summed E-state index contributed by atoms with van der Waals surface area (Å²) in [6.07, 6.45) is 9.76. The monoisotopic (exact) mass is 432 g/mol. The van der Waals surface area contributed by atoms with Crippen LogP contribution in [0.25, 0.3) is 32.9 Å². The molecule has 0 aliphatic heterocycles. The molecule has 3 heteroatoms. The van der Waals surface area contributed by atoms with E-state index in [4.69, 9.17) is 0 Å². The highest BCUT2D eigenvalue weighted by Gasteiger charge is 2.23. The minimum Gasteiger partial charge on any atom is -0.343 e. The summed E-state index contributed by atoms with van der Waals surface area (Å²) in [6.45, 7) is 0.853. The summed E-state index contributed by atoms with van der Waals surface area (Å²) in [7, 11) is 0. The summed E-state index contributed by atoms with van der Waals surface area (Å²) in [5.41, 5.74) is 5.86. The van der Waals surface area contributed by atoms with Crippen molar-refractivity contribution in [3.63, 3.8) is 0 Å². The van der Waals surface area contributed by atoms with Gasteiger partial charge in [-0.05, 0) is 59.2 Å². The molecule has 0 atom stereocenters. The molecule has 2 heterocycles. The molecule has 0 amide bonds. The lowest BCUT2D eigenvalue weighted by Gasteiger charge is -2.21. The standard InChI is InChI=1S/C30H28N2O/c33-30(25-9-5-2-6-10-25)32-18-16-24-12-14-27(20-29(24)32)26-13-11-23-15-17-31(28(23)19-26)21-22-7-3-1-4-8-22/h1,3-4,7-8,11-20,25H,2,5-6,9-10,21H2. The van der Waals surface area contributed by atoms with Crippen molar-refractivity contribution in [3.8, 4) is 11.1 Å². The van der Waals surface area contributed by atoms with Crippen LogP contribution < -0.4 is 0 Å². The van der Waals surface area contributed by atoms with Crippen LogP contribution in [0.2, 0.25) is 0 Å². The van der Waals surface area contributed by atoms with E-state index in [1.807, 2.05) is 10.8 Å². The lowest BCUT2D eigenvalue weighted by atomic mass is 9.88. The van der Waals surface area contributed by atoms with Crippen LogP contribution in [0.3, 0.4) is 0 Å². The zero-order valence-electron chi connectivity index (χ0n) is 18.8. The second-order valence-electron chi connectivity index (χ2n) is 9.34. The number of fused-ring (bicyclic) bond motifs is 2. The van der Waals surface area contributed by atoms with Crippen molar-refractivity contribution in [1.29, 1.82) is 0 Å². The Kier molecular flexibility index (Phi) is 5.10. The molecule has 0 saturated heterocycles. The predicted molar refractivity (Wildman–Crippen MR) is 136 cm³/mol. The quantitative estimate of drug-likeness (QED) is 0.288. The highest BCUT2D eigenvalue weighted by Crippen LogP contribution is 2.31. The third-order valence-electron chi connectivity index (χ3n) is 7.19. The third kappa shape index (κ3) is 3.78. The first-order valence-corrected chi connectivity index (χ1v) is 12.0. The SMILES string of the molecule is O=C(C1CCCCC1)n1ccc2ccc(-c3ccc4ccn(Cc5ccccc5)c4c3)cc21. The fourth-order valence-corrected chi connectivity index (χ4v) is 5.33. The van der Waals surface area contributed by atoms with E-state index in [1.54, 1.807) is 0 Å². The molecular weight excluding hydrogens is 404 g/mol. The van der Waals surface area contributed by atoms with Gasteiger partial charge in [0.25, 0.3) is 0 Å². The lowest BCUT2D eigenvalue weighted by Crippen LogP contribution is -2.23. The Morgan fingerprint density at radius 3 is 2.15 bits per heavy atom. The van der Waals surface area contributed by atoms with E-state index in [0.29, 0.717) is 0 Å². The highest BCUT2D eigenvalue weighted by molar-refractivity contribution is 5.96. The first kappa shape index (κ1) is 20.0. The first-order valence-electron chi connectivity index (χ1n) is 12.0. The van der Waals surface area contributed by atoms with Gasteiger partial charge in [-0.3, -0.25) is 9.36 Å². The Balaban J connectivity index is 1.37. The van der Waals surface area contributed by atoms with Crippen molar-refractivity contribution >= 4 is 27.7 Å². The van der Waals surface area contributed by atoms with Gasteiger partial charge in [0.15, 0.2) is 0 Å². The van der Waals surface area contributed by atoms with Crippen molar-refractivity contribution < 1.29 is 4.79 Å². The largest absolute Gasteiger partial charge is 0.343 e. The topological polar surface area (TPSA) is 26.9 Å². The Hall–Kier alpha value is -3.59. The highest BCUT2D eigenvalue weighted by atomic mass is 16.2. The van der Waals surface area contributed by atoms with Crippen LogP contribution in [0.1, 0.15) is 42.5 Å². The van der Waals surface area contributed by atoms with Gasteiger partial charge in [0.05, 0.1) is 5.52 Å². The maximum atomic E-state index is 13.2. The summed E-state index contributed by atoms with van der Waals surface area (Å²) in [4.78, 5) is 13.2. The molecular formula is C30H28N2O. The summed E-state index contributed by atoms with van der Waals surface area (Å²) >= 11 is 0. The van der Waals surface area contributed by atoms with Gasteiger partial charge >= 0.3 is 0 Å². The van der Waals surface area contributed by atoms with Gasteiger partial charge in [0, 0.05) is 35.8 Å². The second kappa shape index (κ2) is 8.40. The summed E-state index contributed by atoms with van der Waals surface area (Å²) < 4.78 is 4.20. The van der Waals surface area contributed by atoms with Crippen molar-refractivity contribution in [1.82, 2.24) is 9.13 Å². The predicted octanol–water partition coefficient (Wildman–Crippen LogP) is 7.53. The van der Waals surface area contributed by atoms with Crippen molar-refractivity contribution in [2.45, 2.75) is 38.6 Å². The van der Waals surface area contributed by atoms with Crippen molar-refractivity contribution in [3.05, 3.63) is 96.8 Å². The molecule has 0 N–H and O–H groups in total. The molecule has 1 aliphatic rings. The van der Waals surface area contributed by atoms with Gasteiger partial charge in [-0.2, -0.15) is 0 Å². The average Bonchev–Trinajstić information content (AvgIpc) is 3.48. The number of aromatic nitrogens is 2. The minimum atomic E-state index is 0.163. The number of nitrogens with zero attached hydrogens (tertiary/aromatic N) is 2. The Bertz CT molecular complexity index is 1430. The number of rotatable bonds is 4. The number of carbonyl (C=O) groups is 1. The zero-order chi connectivity index (χ0) is 22.2. The van der Waals surface area contributed by atoms with Gasteiger partial charge < -0.3 is 4.57 Å². The number of hydrogen-bond acceptors (Lipinski definition) is 1. The van der Waals surface area contributed by atoms with Crippen molar-refractivity contribution in [2.24, 2.45) is 5.92 Å². The van der Waals surface area contributed by atoms with Crippen LogP contribution in [0.4, 0.5) is 0 Å². The fraction of sp³-hybridized carbons (Fsp3) is 0.233. The molecule has 3 nitrogen and oxygen atoms in total. The molecule has 3 aromatic carbocycles. The van der Waals surface area contributed by atoms with E-state index in [2.05, 4.69) is 89.6 Å². The van der Waals surface area contributed by atoms with Gasteiger partial charge in [-0.15, -0.1) is 0 Å². The number of hydrogen-bond donors (Lipinski definition) is 0. The molecule has 6 rings (SSSR count). The molecule has 33 heavy (non-hydrogen) atoms. The molecule has 0 bridgehead atoms. The van der Waals surface area contributed by atoms with E-state index in [0.717, 1.165) is 35.9 Å². The second-order valence-corrected chi connectivity index (χ2v) is 9.34. The maximum absolute atomic E-state index is 13.2. The molecule has 0 unspecified atom stereocenters. The van der Waals surface area contributed by atoms with Crippen LogP contribution in [0, 0.1) is 5.92 Å². The van der Waals surface area contributed by atoms with Gasteiger partial charge in [0.1, 0.15) is 0 Å². The molecule has 2 aromatic heterocycles. The van der Waals surface area contributed by atoms with Gasteiger partial charge in [-0.25, -0.2) is 0 Å². The van der Waals surface area contributed by atoms with Crippen LogP contribution >= 0.6 is 0 Å². The molecule has 1 fully saturated rings. The van der Waals surface area contributed by atoms with E-state index >= 15 is 0 Å². The van der Waals surface area contributed by atoms with Gasteiger partial charge in [0.2, 0.25) is 5.91 Å². The van der Waals surface area contributed by atoms with Crippen LogP contribution in [-0.4, -0.2) is 15.0 Å². The smallest absolute Gasteiger partial charge is 0.234 e. The molecule has 0 spiro atoms. The average molecular weight is 433 g/mol. The minimum absolute atomic E-state index is 0.163. The lowest BCUT2D eigenvalue weighted by molar-refractivity contribution is 0.0807. The fourth-order valence-electron chi connectivity index (χ4n) is 5.33. The zero-order valence-corrected chi connectivity index (χ0v) is 18.8. The molecule has 5 aromatic rings. The van der Waals surface area contributed by atoms with Crippen molar-refractivity contribution in [2.75, 3.05) is 0 Å². The van der Waals surface area contributed by atoms with E-state index in [1.165, 1.54) is 41.3 Å². The maximum Gasteiger partial charge on any atom is 0.234 e. The molecule has 1 saturated carbocycles. The van der Waals surface area contributed by atoms with E-state index < -0.39 is 0 Å². The first-order chi connectivity index (χ1) is 16.3. The van der Waals surface area contributed by atoms with Crippen LogP contribution in [0.5, 0.6) is 0 Å². The third-order valence-corrected chi connectivity index (χ3v) is 7.19. The Labute approximate surface area is 194 Å². The Morgan fingerprint density at radius 1 is 0.727 bits per heavy atom. The Morgan fingerprint density at radius 2 is 1.39 bits per heavy atom.